The van der Waals surface area contributed by atoms with Gasteiger partial charge in [0.25, 0.3) is 11.6 Å². The first-order chi connectivity index (χ1) is 12.9. The normalized spacial score (nSPS) is 17.1. The molecule has 138 valence electrons. The number of hydrogen-bond donors (Lipinski definition) is 2. The number of amides is 1. The monoisotopic (exact) mass is 385 g/mol. The van der Waals surface area contributed by atoms with Crippen LogP contribution in [0.3, 0.4) is 0 Å². The van der Waals surface area contributed by atoms with Gasteiger partial charge in [-0.05, 0) is 43.0 Å². The van der Waals surface area contributed by atoms with Crippen molar-refractivity contribution >= 4 is 40.3 Å². The highest BCUT2D eigenvalue weighted by Crippen LogP contribution is 2.36. The minimum atomic E-state index is -0.571. The molecule has 0 unspecified atom stereocenters. The number of amidine groups is 1. The molecule has 1 aliphatic rings. The number of likely N-dealkylation sites (N-methyl/N-ethyl adjacent to an activating group) is 1. The second-order valence-corrected chi connectivity index (χ2v) is 6.58. The molecule has 1 fully saturated rings. The summed E-state index contributed by atoms with van der Waals surface area (Å²) in [5.41, 5.74) is 0.481. The van der Waals surface area contributed by atoms with Crippen LogP contribution in [0.2, 0.25) is 0 Å². The lowest BCUT2D eigenvalue weighted by Gasteiger charge is -2.12. The molecule has 0 radical (unpaired) electrons. The molecule has 2 N–H and O–H groups in total. The number of benzene rings is 2. The summed E-state index contributed by atoms with van der Waals surface area (Å²) in [4.78, 5) is 29.1. The Balaban J connectivity index is 1.98. The molecule has 1 aliphatic heterocycles. The lowest BCUT2D eigenvalue weighted by atomic mass is 10.1. The summed E-state index contributed by atoms with van der Waals surface area (Å²) >= 11 is 1.09. The smallest absolute Gasteiger partial charge is 0.270 e. The number of phenols is 2. The SMILES string of the molecule is CCN1C(=O)/C(=C/c2cc([N+](=O)[O-])ccc2O)SC1=Nc1cccc(O)c1. The first-order valence-corrected chi connectivity index (χ1v) is 8.77. The molecule has 1 amide bonds. The van der Waals surface area contributed by atoms with E-state index in [9.17, 15) is 25.1 Å². The topological polar surface area (TPSA) is 116 Å². The van der Waals surface area contributed by atoms with Gasteiger partial charge in [-0.3, -0.25) is 19.8 Å². The fraction of sp³-hybridized carbons (Fsp3) is 0.111. The van der Waals surface area contributed by atoms with Crippen molar-refractivity contribution < 1.29 is 19.9 Å². The largest absolute Gasteiger partial charge is 0.508 e. The van der Waals surface area contributed by atoms with Gasteiger partial charge in [0.15, 0.2) is 5.17 Å². The first-order valence-electron chi connectivity index (χ1n) is 7.95. The number of nitro benzene ring substituents is 1. The Kier molecular flexibility index (Phi) is 5.13. The van der Waals surface area contributed by atoms with Crippen molar-refractivity contribution in [1.82, 2.24) is 4.90 Å². The quantitative estimate of drug-likeness (QED) is 0.472. The van der Waals surface area contributed by atoms with Crippen LogP contribution in [0.25, 0.3) is 6.08 Å². The second-order valence-electron chi connectivity index (χ2n) is 5.57. The Hall–Kier alpha value is -3.33. The molecule has 2 aromatic carbocycles. The molecule has 2 aromatic rings. The molecule has 1 heterocycles. The Morgan fingerprint density at radius 1 is 1.26 bits per heavy atom. The third-order valence-electron chi connectivity index (χ3n) is 3.77. The first kappa shape index (κ1) is 18.5. The number of phenolic OH excluding ortho intramolecular Hbond substituents is 2. The van der Waals surface area contributed by atoms with Crippen LogP contribution in [0, 0.1) is 10.1 Å². The van der Waals surface area contributed by atoms with E-state index in [-0.39, 0.29) is 33.6 Å². The zero-order valence-electron chi connectivity index (χ0n) is 14.2. The van der Waals surface area contributed by atoms with Crippen molar-refractivity contribution in [3.8, 4) is 11.5 Å². The van der Waals surface area contributed by atoms with E-state index in [1.54, 1.807) is 19.1 Å². The van der Waals surface area contributed by atoms with Gasteiger partial charge in [-0.2, -0.15) is 0 Å². The van der Waals surface area contributed by atoms with E-state index in [1.165, 1.54) is 41.3 Å². The van der Waals surface area contributed by atoms with E-state index < -0.39 is 4.92 Å². The van der Waals surface area contributed by atoms with Gasteiger partial charge in [0.2, 0.25) is 0 Å². The molecule has 9 heteroatoms. The number of nitrogens with zero attached hydrogens (tertiary/aromatic N) is 3. The number of aromatic hydroxyl groups is 2. The third-order valence-corrected chi connectivity index (χ3v) is 4.77. The van der Waals surface area contributed by atoms with Gasteiger partial charge in [0.1, 0.15) is 11.5 Å². The maximum absolute atomic E-state index is 12.6. The maximum Gasteiger partial charge on any atom is 0.270 e. The van der Waals surface area contributed by atoms with Gasteiger partial charge < -0.3 is 10.2 Å². The van der Waals surface area contributed by atoms with Crippen LogP contribution in [0.15, 0.2) is 52.4 Å². The number of nitro groups is 1. The minimum Gasteiger partial charge on any atom is -0.508 e. The highest BCUT2D eigenvalue weighted by Gasteiger charge is 2.32. The van der Waals surface area contributed by atoms with Crippen LogP contribution in [0.4, 0.5) is 11.4 Å². The van der Waals surface area contributed by atoms with E-state index in [0.717, 1.165) is 11.8 Å². The summed E-state index contributed by atoms with van der Waals surface area (Å²) in [7, 11) is 0. The molecule has 1 saturated heterocycles. The Morgan fingerprint density at radius 2 is 2.04 bits per heavy atom. The van der Waals surface area contributed by atoms with E-state index in [1.807, 2.05) is 0 Å². The van der Waals surface area contributed by atoms with Gasteiger partial charge in [-0.15, -0.1) is 0 Å². The van der Waals surface area contributed by atoms with Crippen molar-refractivity contribution in [2.24, 2.45) is 4.99 Å². The van der Waals surface area contributed by atoms with Gasteiger partial charge in [-0.25, -0.2) is 4.99 Å². The number of hydrogen-bond acceptors (Lipinski definition) is 7. The Bertz CT molecular complexity index is 987. The van der Waals surface area contributed by atoms with Crippen molar-refractivity contribution in [1.29, 1.82) is 0 Å². The summed E-state index contributed by atoms with van der Waals surface area (Å²) in [6, 6.07) is 9.94. The van der Waals surface area contributed by atoms with Crippen LogP contribution >= 0.6 is 11.8 Å². The van der Waals surface area contributed by atoms with Crippen LogP contribution < -0.4 is 0 Å². The van der Waals surface area contributed by atoms with E-state index in [0.29, 0.717) is 17.4 Å². The third kappa shape index (κ3) is 3.93. The molecule has 0 saturated carbocycles. The van der Waals surface area contributed by atoms with Crippen molar-refractivity contribution in [2.45, 2.75) is 6.92 Å². The van der Waals surface area contributed by atoms with Gasteiger partial charge in [0.05, 0.1) is 15.5 Å². The van der Waals surface area contributed by atoms with E-state index in [2.05, 4.69) is 4.99 Å². The summed E-state index contributed by atoms with van der Waals surface area (Å²) in [5.74, 6) is -0.415. The number of carbonyl (C=O) groups is 1. The number of carbonyl (C=O) groups excluding carboxylic acids is 1. The number of non-ortho nitro benzene ring substituents is 1. The van der Waals surface area contributed by atoms with Crippen LogP contribution in [0.1, 0.15) is 12.5 Å². The van der Waals surface area contributed by atoms with Gasteiger partial charge in [-0.1, -0.05) is 6.07 Å². The molecule has 8 nitrogen and oxygen atoms in total. The molecule has 0 bridgehead atoms. The zero-order valence-corrected chi connectivity index (χ0v) is 15.0. The van der Waals surface area contributed by atoms with Crippen LogP contribution in [-0.2, 0) is 4.79 Å². The molecule has 0 spiro atoms. The second kappa shape index (κ2) is 7.50. The van der Waals surface area contributed by atoms with Gasteiger partial charge >= 0.3 is 0 Å². The maximum atomic E-state index is 12.6. The predicted molar refractivity (Wildman–Crippen MR) is 103 cm³/mol. The number of aliphatic imine (C=N–C) groups is 1. The highest BCUT2D eigenvalue weighted by molar-refractivity contribution is 8.18. The lowest BCUT2D eigenvalue weighted by molar-refractivity contribution is -0.384. The zero-order chi connectivity index (χ0) is 19.6. The minimum absolute atomic E-state index is 0.0616. The standard InChI is InChI=1S/C18H15N3O5S/c1-2-20-17(24)16(9-11-8-13(21(25)26)6-7-15(11)23)27-18(20)19-12-4-3-5-14(22)10-12/h3-10,22-23H,2H2,1H3/b16-9-,19-18?. The molecule has 0 atom stereocenters. The highest BCUT2D eigenvalue weighted by atomic mass is 32.2. The van der Waals surface area contributed by atoms with Crippen LogP contribution in [-0.4, -0.2) is 37.7 Å². The van der Waals surface area contributed by atoms with Crippen molar-refractivity contribution in [3.63, 3.8) is 0 Å². The summed E-state index contributed by atoms with van der Waals surface area (Å²) in [6.07, 6.45) is 1.41. The number of rotatable bonds is 4. The van der Waals surface area contributed by atoms with E-state index >= 15 is 0 Å². The lowest BCUT2D eigenvalue weighted by Crippen LogP contribution is -2.28. The van der Waals surface area contributed by atoms with Crippen molar-refractivity contribution in [3.05, 3.63) is 63.0 Å². The molecule has 27 heavy (non-hydrogen) atoms. The molecular formula is C18H15N3O5S. The van der Waals surface area contributed by atoms with Crippen molar-refractivity contribution in [2.75, 3.05) is 6.54 Å². The molecule has 3 rings (SSSR count). The summed E-state index contributed by atoms with van der Waals surface area (Å²) < 4.78 is 0. The van der Waals surface area contributed by atoms with E-state index in [4.69, 9.17) is 0 Å². The van der Waals surface area contributed by atoms with Gasteiger partial charge in [0, 0.05) is 30.3 Å². The Morgan fingerprint density at radius 3 is 2.70 bits per heavy atom. The summed E-state index contributed by atoms with van der Waals surface area (Å²) in [6.45, 7) is 2.17. The fourth-order valence-corrected chi connectivity index (χ4v) is 3.51. The molecule has 0 aliphatic carbocycles. The average Bonchev–Trinajstić information content (AvgIpc) is 2.91. The molecule has 0 aromatic heterocycles. The predicted octanol–water partition coefficient (Wildman–Crippen LogP) is 3.63. The number of thioether (sulfide) groups is 1. The molecular weight excluding hydrogens is 370 g/mol. The average molecular weight is 385 g/mol. The fourth-order valence-electron chi connectivity index (χ4n) is 2.46. The summed E-state index contributed by atoms with van der Waals surface area (Å²) in [5, 5.41) is 30.9. The Labute approximate surface area is 158 Å². The van der Waals surface area contributed by atoms with Crippen LogP contribution in [0.5, 0.6) is 11.5 Å².